The van der Waals surface area contributed by atoms with E-state index in [4.69, 9.17) is 5.73 Å². The predicted octanol–water partition coefficient (Wildman–Crippen LogP) is 0.776. The fourth-order valence-corrected chi connectivity index (χ4v) is 2.85. The van der Waals surface area contributed by atoms with Crippen molar-refractivity contribution in [3.8, 4) is 0 Å². The highest BCUT2D eigenvalue weighted by atomic mass is 16.3. The van der Waals surface area contributed by atoms with E-state index < -0.39 is 0 Å². The summed E-state index contributed by atoms with van der Waals surface area (Å²) in [5.74, 6) is 0.483. The van der Waals surface area contributed by atoms with Crippen LogP contribution in [-0.4, -0.2) is 21.3 Å². The van der Waals surface area contributed by atoms with Crippen LogP contribution in [0.2, 0.25) is 0 Å². The van der Waals surface area contributed by atoms with Gasteiger partial charge in [-0.1, -0.05) is 30.3 Å². The van der Waals surface area contributed by atoms with Crippen LogP contribution >= 0.6 is 0 Å². The monoisotopic (exact) mass is 271 g/mol. The number of aromatic nitrogens is 2. The lowest BCUT2D eigenvalue weighted by Gasteiger charge is -2.15. The third-order valence-electron chi connectivity index (χ3n) is 4.18. The van der Waals surface area contributed by atoms with Gasteiger partial charge in [-0.25, -0.2) is 4.79 Å². The molecule has 0 radical (unpaired) electrons. The van der Waals surface area contributed by atoms with E-state index in [1.165, 1.54) is 0 Å². The van der Waals surface area contributed by atoms with E-state index >= 15 is 0 Å². The fraction of sp³-hybridized carbons (Fsp3) is 0.333. The van der Waals surface area contributed by atoms with Crippen LogP contribution in [0, 0.1) is 5.92 Å². The van der Waals surface area contributed by atoms with Crippen molar-refractivity contribution in [3.63, 3.8) is 0 Å². The van der Waals surface area contributed by atoms with Crippen LogP contribution in [0.1, 0.15) is 12.0 Å². The van der Waals surface area contributed by atoms with Crippen LogP contribution < -0.4 is 11.4 Å². The Hall–Kier alpha value is -2.14. The van der Waals surface area contributed by atoms with Gasteiger partial charge < -0.3 is 10.8 Å². The molecule has 1 saturated carbocycles. The van der Waals surface area contributed by atoms with Gasteiger partial charge in [0.1, 0.15) is 5.82 Å². The Labute approximate surface area is 116 Å². The zero-order valence-corrected chi connectivity index (χ0v) is 11.1. The predicted molar refractivity (Wildman–Crippen MR) is 76.2 cm³/mol. The Balaban J connectivity index is 1.82. The van der Waals surface area contributed by atoms with E-state index in [-0.39, 0.29) is 29.4 Å². The summed E-state index contributed by atoms with van der Waals surface area (Å²) in [5.41, 5.74) is 6.05. The van der Waals surface area contributed by atoms with Crippen molar-refractivity contribution >= 4 is 5.82 Å². The molecule has 0 saturated heterocycles. The molecule has 0 unspecified atom stereocenters. The highest BCUT2D eigenvalue weighted by Gasteiger charge is 2.54. The Morgan fingerprint density at radius 1 is 1.35 bits per heavy atom. The zero-order valence-electron chi connectivity index (χ0n) is 11.1. The molecule has 1 fully saturated rings. The van der Waals surface area contributed by atoms with Gasteiger partial charge in [0.25, 0.3) is 0 Å². The number of hydrogen-bond donors (Lipinski definition) is 2. The van der Waals surface area contributed by atoms with Gasteiger partial charge in [-0.15, -0.1) is 0 Å². The average molecular weight is 271 g/mol. The maximum Gasteiger partial charge on any atom is 0.349 e. The third kappa shape index (κ3) is 2.10. The van der Waals surface area contributed by atoms with Crippen LogP contribution in [0.25, 0.3) is 0 Å². The number of benzene rings is 1. The molecule has 0 bridgehead atoms. The smallest absolute Gasteiger partial charge is 0.349 e. The van der Waals surface area contributed by atoms with E-state index in [0.717, 1.165) is 12.0 Å². The molecule has 1 heterocycles. The molecule has 1 aliphatic rings. The Morgan fingerprint density at radius 3 is 2.75 bits per heavy atom. The summed E-state index contributed by atoms with van der Waals surface area (Å²) in [4.78, 5) is 15.5. The minimum absolute atomic E-state index is 0.0961. The second-order valence-corrected chi connectivity index (χ2v) is 5.37. The molecular formula is C15H17N3O2. The minimum atomic E-state index is -0.336. The molecule has 104 valence electrons. The first-order chi connectivity index (χ1) is 9.65. The summed E-state index contributed by atoms with van der Waals surface area (Å²) in [5, 5.41) is 9.75. The first-order valence-corrected chi connectivity index (χ1v) is 6.65. The zero-order chi connectivity index (χ0) is 14.2. The number of hydrogen-bond acceptors (Lipinski definition) is 4. The molecule has 2 atom stereocenters. The molecule has 1 aromatic heterocycles. The number of aliphatic hydroxyl groups excluding tert-OH is 1. The van der Waals surface area contributed by atoms with E-state index in [1.54, 1.807) is 16.8 Å². The summed E-state index contributed by atoms with van der Waals surface area (Å²) in [6, 6.07) is 11.6. The van der Waals surface area contributed by atoms with E-state index in [2.05, 4.69) is 4.98 Å². The molecular weight excluding hydrogens is 254 g/mol. The first-order valence-electron chi connectivity index (χ1n) is 6.65. The molecule has 0 amide bonds. The normalized spacial score (nSPS) is 24.6. The number of anilines is 1. The molecule has 5 heteroatoms. The number of nitrogens with two attached hydrogens (primary N) is 1. The van der Waals surface area contributed by atoms with Gasteiger partial charge in [-0.05, 0) is 24.0 Å². The quantitative estimate of drug-likeness (QED) is 0.861. The average Bonchev–Trinajstić information content (AvgIpc) is 3.17. The van der Waals surface area contributed by atoms with Crippen molar-refractivity contribution in [2.75, 3.05) is 12.3 Å². The van der Waals surface area contributed by atoms with Gasteiger partial charge in [0.2, 0.25) is 0 Å². The van der Waals surface area contributed by atoms with E-state index in [0.29, 0.717) is 6.54 Å². The first kappa shape index (κ1) is 12.9. The largest absolute Gasteiger partial charge is 0.395 e. The molecule has 2 aromatic rings. The van der Waals surface area contributed by atoms with E-state index in [1.807, 2.05) is 30.3 Å². The van der Waals surface area contributed by atoms with Crippen molar-refractivity contribution in [3.05, 3.63) is 58.6 Å². The third-order valence-corrected chi connectivity index (χ3v) is 4.18. The van der Waals surface area contributed by atoms with Gasteiger partial charge in [0, 0.05) is 18.2 Å². The molecule has 1 aromatic carbocycles. The summed E-state index contributed by atoms with van der Waals surface area (Å²) in [6.07, 6.45) is 2.54. The molecule has 20 heavy (non-hydrogen) atoms. The van der Waals surface area contributed by atoms with Crippen LogP contribution in [0.4, 0.5) is 5.82 Å². The van der Waals surface area contributed by atoms with Crippen LogP contribution in [0.5, 0.6) is 0 Å². The molecule has 5 nitrogen and oxygen atoms in total. The summed E-state index contributed by atoms with van der Waals surface area (Å²) >= 11 is 0. The lowest BCUT2D eigenvalue weighted by molar-refractivity contribution is 0.241. The molecule has 3 rings (SSSR count). The second kappa shape index (κ2) is 4.76. The second-order valence-electron chi connectivity index (χ2n) is 5.37. The standard InChI is InChI=1S/C15H17N3O2/c16-13-6-7-18(14(20)17-13)9-12-8-15(12,10-19)11-4-2-1-3-5-11/h1-7,12,19H,8-10H2,(H2,16,17,20)/t12-,15+/m0/s1. The Morgan fingerprint density at radius 2 is 2.10 bits per heavy atom. The number of aliphatic hydroxyl groups is 1. The SMILES string of the molecule is Nc1ccn(C[C@@H]2C[C@@]2(CO)c2ccccc2)c(=O)n1. The van der Waals surface area contributed by atoms with Crippen LogP contribution in [0.15, 0.2) is 47.4 Å². The van der Waals surface area contributed by atoms with Crippen molar-refractivity contribution in [1.29, 1.82) is 0 Å². The fourth-order valence-electron chi connectivity index (χ4n) is 2.85. The molecule has 1 aliphatic carbocycles. The highest BCUT2D eigenvalue weighted by molar-refractivity contribution is 5.34. The van der Waals surface area contributed by atoms with Gasteiger partial charge in [-0.3, -0.25) is 4.57 Å². The van der Waals surface area contributed by atoms with Crippen molar-refractivity contribution in [1.82, 2.24) is 9.55 Å². The van der Waals surface area contributed by atoms with E-state index in [9.17, 15) is 9.90 Å². The summed E-state index contributed by atoms with van der Waals surface area (Å²) in [6.45, 7) is 0.653. The summed E-state index contributed by atoms with van der Waals surface area (Å²) < 4.78 is 1.56. The Kier molecular flexibility index (Phi) is 3.06. The van der Waals surface area contributed by atoms with Gasteiger partial charge in [-0.2, -0.15) is 4.98 Å². The van der Waals surface area contributed by atoms with Gasteiger partial charge in [0.05, 0.1) is 6.61 Å². The summed E-state index contributed by atoms with van der Waals surface area (Å²) in [7, 11) is 0. The molecule has 3 N–H and O–H groups in total. The maximum absolute atomic E-state index is 11.7. The van der Waals surface area contributed by atoms with Gasteiger partial charge >= 0.3 is 5.69 Å². The van der Waals surface area contributed by atoms with Crippen molar-refractivity contribution in [2.24, 2.45) is 5.92 Å². The molecule has 0 spiro atoms. The maximum atomic E-state index is 11.7. The number of nitrogen functional groups attached to an aromatic ring is 1. The lowest BCUT2D eigenvalue weighted by Crippen LogP contribution is -2.26. The topological polar surface area (TPSA) is 81.1 Å². The number of rotatable bonds is 4. The van der Waals surface area contributed by atoms with Crippen molar-refractivity contribution in [2.45, 2.75) is 18.4 Å². The number of nitrogens with zero attached hydrogens (tertiary/aromatic N) is 2. The van der Waals surface area contributed by atoms with Crippen LogP contribution in [0.3, 0.4) is 0 Å². The highest BCUT2D eigenvalue weighted by Crippen LogP contribution is 2.54. The lowest BCUT2D eigenvalue weighted by atomic mass is 9.94. The Bertz CT molecular complexity index is 668. The van der Waals surface area contributed by atoms with Gasteiger partial charge in [0.15, 0.2) is 0 Å². The molecule has 0 aliphatic heterocycles. The van der Waals surface area contributed by atoms with Crippen LogP contribution in [-0.2, 0) is 12.0 Å². The minimum Gasteiger partial charge on any atom is -0.395 e. The van der Waals surface area contributed by atoms with Crippen molar-refractivity contribution < 1.29 is 5.11 Å².